The predicted molar refractivity (Wildman–Crippen MR) is 52.2 cm³/mol. The van der Waals surface area contributed by atoms with Crippen LogP contribution in [0.4, 0.5) is 0 Å². The van der Waals surface area contributed by atoms with Crippen molar-refractivity contribution in [3.8, 4) is 0 Å². The van der Waals surface area contributed by atoms with Gasteiger partial charge in [-0.3, -0.25) is 0 Å². The van der Waals surface area contributed by atoms with Crippen molar-refractivity contribution in [1.82, 2.24) is 5.32 Å². The van der Waals surface area contributed by atoms with Crippen LogP contribution in [0.25, 0.3) is 0 Å². The molecule has 4 atom stereocenters. The zero-order chi connectivity index (χ0) is 9.72. The van der Waals surface area contributed by atoms with E-state index in [0.717, 1.165) is 15.8 Å². The first kappa shape index (κ1) is 12.7. The molecule has 12 heavy (non-hydrogen) atoms. The SMILES string of the molecule is CNC(C)C(C)C(C)C(C)[I-]C. The molecule has 76 valence electrons. The van der Waals surface area contributed by atoms with Crippen LogP contribution in [0.5, 0.6) is 0 Å². The maximum absolute atomic E-state index is 3.34. The Morgan fingerprint density at radius 1 is 1.00 bits per heavy atom. The summed E-state index contributed by atoms with van der Waals surface area (Å²) in [6.07, 6.45) is 0. The summed E-state index contributed by atoms with van der Waals surface area (Å²) in [4.78, 5) is 2.39. The number of hydrogen-bond donors (Lipinski definition) is 1. The van der Waals surface area contributed by atoms with Crippen LogP contribution in [0.3, 0.4) is 0 Å². The summed E-state index contributed by atoms with van der Waals surface area (Å²) in [5.74, 6) is 1.66. The van der Waals surface area contributed by atoms with Gasteiger partial charge in [-0.25, -0.2) is 0 Å². The summed E-state index contributed by atoms with van der Waals surface area (Å²) in [6.45, 7) is 9.44. The predicted octanol–water partition coefficient (Wildman–Crippen LogP) is -1.03. The van der Waals surface area contributed by atoms with Crippen LogP contribution in [0.2, 0.25) is 0 Å². The normalized spacial score (nSPS) is 21.8. The molecule has 0 aromatic carbocycles. The standard InChI is InChI=1S/C10H23IN/c1-7(9(3)11-5)8(2)10(4)12-6/h7-10,12H,1-6H3/q-1. The molecule has 1 nitrogen and oxygen atoms in total. The first-order chi connectivity index (χ1) is 5.54. The molecular weight excluding hydrogens is 261 g/mol. The Hall–Kier alpha value is 0.690. The third kappa shape index (κ3) is 3.60. The molecule has 0 saturated carbocycles. The summed E-state index contributed by atoms with van der Waals surface area (Å²) in [6, 6.07) is 0.651. The van der Waals surface area contributed by atoms with Gasteiger partial charge < -0.3 is 0 Å². The molecule has 0 aromatic rings. The van der Waals surface area contributed by atoms with Crippen LogP contribution in [-0.2, 0) is 0 Å². The van der Waals surface area contributed by atoms with E-state index in [1.54, 1.807) is 0 Å². The van der Waals surface area contributed by atoms with Crippen LogP contribution in [0.1, 0.15) is 27.7 Å². The summed E-state index contributed by atoms with van der Waals surface area (Å²) >= 11 is 0.412. The molecule has 2 heteroatoms. The number of nitrogens with one attached hydrogen (secondary N) is 1. The van der Waals surface area contributed by atoms with Gasteiger partial charge in [0.1, 0.15) is 0 Å². The molecule has 0 rings (SSSR count). The van der Waals surface area contributed by atoms with Gasteiger partial charge in [0.2, 0.25) is 0 Å². The summed E-state index contributed by atoms with van der Waals surface area (Å²) in [5, 5.41) is 3.34. The molecule has 0 fully saturated rings. The molecular formula is C10H23IN-. The fourth-order valence-electron chi connectivity index (χ4n) is 1.34. The molecule has 4 unspecified atom stereocenters. The molecule has 0 bridgehead atoms. The van der Waals surface area contributed by atoms with Gasteiger partial charge in [0.25, 0.3) is 0 Å². The molecule has 0 heterocycles. The molecule has 0 spiro atoms. The average molecular weight is 284 g/mol. The Labute approximate surface area is 88.0 Å². The number of hydrogen-bond acceptors (Lipinski definition) is 1. The summed E-state index contributed by atoms with van der Waals surface area (Å²) in [7, 11) is 2.06. The van der Waals surface area contributed by atoms with Crippen molar-refractivity contribution >= 4 is 0 Å². The quantitative estimate of drug-likeness (QED) is 0.503. The van der Waals surface area contributed by atoms with Crippen LogP contribution in [0.15, 0.2) is 0 Å². The molecule has 0 aliphatic rings. The van der Waals surface area contributed by atoms with Crippen molar-refractivity contribution in [2.75, 3.05) is 12.0 Å². The fourth-order valence-corrected chi connectivity index (χ4v) is 3.12. The molecule has 0 aliphatic heterocycles. The van der Waals surface area contributed by atoms with Gasteiger partial charge in [-0.15, -0.1) is 0 Å². The number of rotatable bonds is 5. The zero-order valence-electron chi connectivity index (χ0n) is 9.19. The van der Waals surface area contributed by atoms with Gasteiger partial charge in [-0.05, 0) is 0 Å². The van der Waals surface area contributed by atoms with Crippen molar-refractivity contribution in [2.45, 2.75) is 37.7 Å². The molecule has 0 saturated heterocycles. The zero-order valence-corrected chi connectivity index (χ0v) is 11.3. The van der Waals surface area contributed by atoms with Crippen molar-refractivity contribution in [2.24, 2.45) is 11.8 Å². The van der Waals surface area contributed by atoms with Crippen LogP contribution in [0, 0.1) is 11.8 Å². The number of alkyl halides is 2. The van der Waals surface area contributed by atoms with Crippen molar-refractivity contribution in [1.29, 1.82) is 0 Å². The van der Waals surface area contributed by atoms with Crippen molar-refractivity contribution in [3.63, 3.8) is 0 Å². The molecule has 1 N–H and O–H groups in total. The Morgan fingerprint density at radius 2 is 1.50 bits per heavy atom. The second kappa shape index (κ2) is 6.19. The van der Waals surface area contributed by atoms with Gasteiger partial charge >= 0.3 is 88.0 Å². The van der Waals surface area contributed by atoms with E-state index in [-0.39, 0.29) is 0 Å². The van der Waals surface area contributed by atoms with Crippen LogP contribution >= 0.6 is 0 Å². The second-order valence-electron chi connectivity index (χ2n) is 3.69. The van der Waals surface area contributed by atoms with Gasteiger partial charge in [0, 0.05) is 0 Å². The average Bonchev–Trinajstić information content (AvgIpc) is 2.12. The van der Waals surface area contributed by atoms with Crippen LogP contribution in [-0.4, -0.2) is 21.9 Å². The minimum absolute atomic E-state index is 0.412. The van der Waals surface area contributed by atoms with E-state index >= 15 is 0 Å². The van der Waals surface area contributed by atoms with Gasteiger partial charge in [0.15, 0.2) is 0 Å². The third-order valence-corrected chi connectivity index (χ3v) is 6.24. The van der Waals surface area contributed by atoms with Crippen molar-refractivity contribution in [3.05, 3.63) is 0 Å². The Balaban J connectivity index is 3.99. The van der Waals surface area contributed by atoms with Gasteiger partial charge in [0.05, 0.1) is 0 Å². The second-order valence-corrected chi connectivity index (χ2v) is 6.90. The maximum atomic E-state index is 3.34. The topological polar surface area (TPSA) is 12.0 Å². The van der Waals surface area contributed by atoms with Gasteiger partial charge in [-0.1, -0.05) is 0 Å². The molecule has 0 amide bonds. The molecule has 0 aromatic heterocycles. The third-order valence-electron chi connectivity index (χ3n) is 3.14. The molecule has 0 radical (unpaired) electrons. The number of halogens is 1. The minimum atomic E-state index is 0.412. The Kier molecular flexibility index (Phi) is 6.55. The monoisotopic (exact) mass is 284 g/mol. The molecule has 0 aliphatic carbocycles. The van der Waals surface area contributed by atoms with Crippen molar-refractivity contribution < 1.29 is 21.2 Å². The van der Waals surface area contributed by atoms with E-state index in [0.29, 0.717) is 27.2 Å². The Morgan fingerprint density at radius 3 is 1.83 bits per heavy atom. The van der Waals surface area contributed by atoms with Crippen LogP contribution < -0.4 is 26.5 Å². The first-order valence-corrected chi connectivity index (χ1v) is 8.10. The van der Waals surface area contributed by atoms with Gasteiger partial charge in [-0.2, -0.15) is 0 Å². The van der Waals surface area contributed by atoms with E-state index in [2.05, 4.69) is 45.0 Å². The van der Waals surface area contributed by atoms with E-state index in [1.165, 1.54) is 0 Å². The van der Waals surface area contributed by atoms with E-state index in [4.69, 9.17) is 0 Å². The Bertz CT molecular complexity index is 102. The summed E-state index contributed by atoms with van der Waals surface area (Å²) in [5.41, 5.74) is 0. The summed E-state index contributed by atoms with van der Waals surface area (Å²) < 4.78 is 0.953. The van der Waals surface area contributed by atoms with E-state index < -0.39 is 0 Å². The van der Waals surface area contributed by atoms with E-state index in [1.807, 2.05) is 0 Å². The fraction of sp³-hybridized carbons (Fsp3) is 1.00. The van der Waals surface area contributed by atoms with E-state index in [9.17, 15) is 0 Å². The first-order valence-electron chi connectivity index (χ1n) is 4.69.